The van der Waals surface area contributed by atoms with Crippen molar-refractivity contribution in [1.82, 2.24) is 0 Å². The number of Topliss-reactive ketones (excluding diaryl/α,β-unsaturated/α-hetero) is 1. The van der Waals surface area contributed by atoms with Crippen LogP contribution in [0.3, 0.4) is 0 Å². The summed E-state index contributed by atoms with van der Waals surface area (Å²) in [6, 6.07) is 0. The summed E-state index contributed by atoms with van der Waals surface area (Å²) in [5, 5.41) is 8.82. The van der Waals surface area contributed by atoms with Gasteiger partial charge in [-0.25, -0.2) is 0 Å². The van der Waals surface area contributed by atoms with E-state index < -0.39 is 17.5 Å². The second kappa shape index (κ2) is 12.9. The molecular weight excluding hydrogens is 404 g/mol. The summed E-state index contributed by atoms with van der Waals surface area (Å²) in [6.07, 6.45) is 11.1. The first-order chi connectivity index (χ1) is 14.1. The largest absolute Gasteiger partial charge is 0.481 e. The molecule has 30 heavy (non-hydrogen) atoms. The molecule has 0 bridgehead atoms. The molecule has 1 aliphatic carbocycles. The van der Waals surface area contributed by atoms with Crippen LogP contribution in [0.25, 0.3) is 0 Å². The molecule has 0 aliphatic heterocycles. The zero-order valence-corrected chi connectivity index (χ0v) is 19.6. The lowest BCUT2D eigenvalue weighted by Crippen LogP contribution is -2.34. The monoisotopic (exact) mass is 440 g/mol. The Labute approximate surface area is 185 Å². The van der Waals surface area contributed by atoms with E-state index >= 15 is 0 Å². The quantitative estimate of drug-likeness (QED) is 0.197. The maximum atomic E-state index is 12.7. The summed E-state index contributed by atoms with van der Waals surface area (Å²) < 4.78 is 5.69. The van der Waals surface area contributed by atoms with Gasteiger partial charge in [0.15, 0.2) is 5.60 Å². The lowest BCUT2D eigenvalue weighted by atomic mass is 9.85. The second-order valence-corrected chi connectivity index (χ2v) is 9.29. The molecule has 1 rings (SSSR count). The van der Waals surface area contributed by atoms with Crippen LogP contribution in [-0.2, 0) is 19.1 Å². The molecule has 0 heterocycles. The van der Waals surface area contributed by atoms with Gasteiger partial charge in [-0.1, -0.05) is 64.1 Å². The van der Waals surface area contributed by atoms with Crippen LogP contribution in [0.2, 0.25) is 0 Å². The number of ketones is 1. The maximum absolute atomic E-state index is 12.7. The number of hydrogen-bond acceptors (Lipinski definition) is 4. The van der Waals surface area contributed by atoms with Crippen molar-refractivity contribution in [2.45, 2.75) is 97.5 Å². The minimum absolute atomic E-state index is 0.0980. The molecule has 0 amide bonds. The fraction of sp³-hybridized carbons (Fsp3) is 0.708. The number of hydrogen-bond donors (Lipinski definition) is 1. The number of carboxylic acids is 1. The third kappa shape index (κ3) is 9.03. The van der Waals surface area contributed by atoms with Crippen LogP contribution in [0.15, 0.2) is 22.8 Å². The molecule has 0 saturated heterocycles. The highest BCUT2D eigenvalue weighted by atomic mass is 35.5. The molecule has 170 valence electrons. The number of halogens is 1. The third-order valence-corrected chi connectivity index (χ3v) is 5.81. The van der Waals surface area contributed by atoms with Gasteiger partial charge in [0.1, 0.15) is 0 Å². The number of ether oxygens (including phenoxy) is 1. The van der Waals surface area contributed by atoms with Gasteiger partial charge in [-0.2, -0.15) is 0 Å². The summed E-state index contributed by atoms with van der Waals surface area (Å²) in [4.78, 5) is 35.1. The van der Waals surface area contributed by atoms with Crippen molar-refractivity contribution in [3.8, 4) is 0 Å². The van der Waals surface area contributed by atoms with Crippen LogP contribution in [-0.4, -0.2) is 28.4 Å². The van der Waals surface area contributed by atoms with Gasteiger partial charge in [0.25, 0.3) is 0 Å². The van der Waals surface area contributed by atoms with Crippen molar-refractivity contribution in [3.63, 3.8) is 0 Å². The van der Waals surface area contributed by atoms with E-state index in [9.17, 15) is 14.4 Å². The summed E-state index contributed by atoms with van der Waals surface area (Å²) in [5.74, 6) is -0.381. The summed E-state index contributed by atoms with van der Waals surface area (Å²) in [7, 11) is 0. The highest BCUT2D eigenvalue weighted by Crippen LogP contribution is 2.41. The Hall–Kier alpha value is -1.62. The number of carbonyl (C=O) groups excluding carboxylic acids is 2. The number of unbranched alkanes of at least 4 members (excludes halogenated alkanes) is 3. The number of rotatable bonds is 14. The van der Waals surface area contributed by atoms with Crippen LogP contribution >= 0.6 is 11.6 Å². The van der Waals surface area contributed by atoms with Gasteiger partial charge in [0.2, 0.25) is 5.78 Å². The highest BCUT2D eigenvalue weighted by molar-refractivity contribution is 6.46. The molecule has 1 N–H and O–H groups in total. The minimum atomic E-state index is -1.09. The fourth-order valence-corrected chi connectivity index (χ4v) is 4.13. The van der Waals surface area contributed by atoms with Crippen LogP contribution in [0.4, 0.5) is 0 Å². The van der Waals surface area contributed by atoms with Crippen LogP contribution < -0.4 is 0 Å². The van der Waals surface area contributed by atoms with Gasteiger partial charge in [-0.05, 0) is 50.0 Å². The van der Waals surface area contributed by atoms with Gasteiger partial charge >= 0.3 is 11.9 Å². The first-order valence-corrected chi connectivity index (χ1v) is 11.5. The number of carboxylic acid groups (broad SMARTS) is 1. The molecule has 2 unspecified atom stereocenters. The molecule has 5 nitrogen and oxygen atoms in total. The van der Waals surface area contributed by atoms with Gasteiger partial charge in [-0.3, -0.25) is 14.4 Å². The number of esters is 1. The second-order valence-electron chi connectivity index (χ2n) is 8.88. The van der Waals surface area contributed by atoms with Crippen molar-refractivity contribution in [2.24, 2.45) is 11.8 Å². The van der Waals surface area contributed by atoms with E-state index in [4.69, 9.17) is 21.4 Å². The molecule has 6 heteroatoms. The Kier molecular flexibility index (Phi) is 11.4. The van der Waals surface area contributed by atoms with Crippen LogP contribution in [0, 0.1) is 11.8 Å². The predicted octanol–water partition coefficient (Wildman–Crippen LogP) is 6.20. The molecule has 0 aromatic carbocycles. The molecule has 0 aromatic heterocycles. The Balaban J connectivity index is 2.82. The predicted molar refractivity (Wildman–Crippen MR) is 119 cm³/mol. The van der Waals surface area contributed by atoms with Gasteiger partial charge in [0.05, 0.1) is 5.03 Å². The molecule has 0 spiro atoms. The van der Waals surface area contributed by atoms with E-state index in [0.29, 0.717) is 36.7 Å². The SMILES string of the molecule is CC(=O)OC1(CCC(C)CCCC(C)C)C=C(Cl)C(=O)/C1=C\CCCCCC(=O)O. The van der Waals surface area contributed by atoms with E-state index in [1.807, 2.05) is 6.08 Å². The lowest BCUT2D eigenvalue weighted by molar-refractivity contribution is -0.150. The summed E-state index contributed by atoms with van der Waals surface area (Å²) in [6.45, 7) is 7.98. The van der Waals surface area contributed by atoms with Gasteiger partial charge in [-0.15, -0.1) is 0 Å². The maximum Gasteiger partial charge on any atom is 0.303 e. The molecule has 0 aromatic rings. The van der Waals surface area contributed by atoms with E-state index in [2.05, 4.69) is 20.8 Å². The Morgan fingerprint density at radius 2 is 1.83 bits per heavy atom. The molecule has 0 radical (unpaired) electrons. The van der Waals surface area contributed by atoms with Crippen molar-refractivity contribution in [1.29, 1.82) is 0 Å². The number of allylic oxidation sites excluding steroid dienone is 2. The first-order valence-electron chi connectivity index (χ1n) is 11.1. The highest BCUT2D eigenvalue weighted by Gasteiger charge is 2.45. The number of aliphatic carboxylic acids is 1. The topological polar surface area (TPSA) is 80.7 Å². The molecule has 0 saturated carbocycles. The fourth-order valence-electron chi connectivity index (χ4n) is 3.86. The van der Waals surface area contributed by atoms with E-state index in [1.54, 1.807) is 6.08 Å². The Bertz CT molecular complexity index is 665. The van der Waals surface area contributed by atoms with Crippen molar-refractivity contribution >= 4 is 29.3 Å². The molecular formula is C24H37ClO5. The lowest BCUT2D eigenvalue weighted by Gasteiger charge is -2.29. The van der Waals surface area contributed by atoms with Gasteiger partial charge in [0, 0.05) is 18.9 Å². The van der Waals surface area contributed by atoms with Gasteiger partial charge < -0.3 is 9.84 Å². The standard InChI is InChI=1S/C24H37ClO5/c1-17(2)10-9-11-18(3)14-15-24(30-19(4)26)16-21(25)23(29)20(24)12-7-5-6-8-13-22(27)28/h12,16-18H,5-11,13-15H2,1-4H3,(H,27,28)/b20-12+. The Morgan fingerprint density at radius 1 is 1.13 bits per heavy atom. The smallest absolute Gasteiger partial charge is 0.303 e. The first kappa shape index (κ1) is 26.4. The summed E-state index contributed by atoms with van der Waals surface area (Å²) >= 11 is 6.17. The normalized spacial score (nSPS) is 21.2. The minimum Gasteiger partial charge on any atom is -0.481 e. The average Bonchev–Trinajstić information content (AvgIpc) is 2.86. The van der Waals surface area contributed by atoms with Crippen molar-refractivity contribution in [2.75, 3.05) is 0 Å². The number of carbonyl (C=O) groups is 3. The summed E-state index contributed by atoms with van der Waals surface area (Å²) in [5.41, 5.74) is -0.650. The zero-order valence-electron chi connectivity index (χ0n) is 18.8. The van der Waals surface area contributed by atoms with E-state index in [0.717, 1.165) is 32.1 Å². The zero-order chi connectivity index (χ0) is 22.7. The molecule has 0 fully saturated rings. The van der Waals surface area contributed by atoms with Crippen LogP contribution in [0.5, 0.6) is 0 Å². The average molecular weight is 441 g/mol. The Morgan fingerprint density at radius 3 is 2.43 bits per heavy atom. The van der Waals surface area contributed by atoms with Crippen molar-refractivity contribution in [3.05, 3.63) is 22.8 Å². The third-order valence-electron chi connectivity index (χ3n) is 5.53. The van der Waals surface area contributed by atoms with E-state index in [1.165, 1.54) is 13.3 Å². The van der Waals surface area contributed by atoms with Crippen molar-refractivity contribution < 1.29 is 24.2 Å². The molecule has 1 aliphatic rings. The van der Waals surface area contributed by atoms with Crippen LogP contribution in [0.1, 0.15) is 91.9 Å². The van der Waals surface area contributed by atoms with E-state index in [-0.39, 0.29) is 17.2 Å². The molecule has 2 atom stereocenters.